The number of rotatable bonds is 1. The molecule has 0 aliphatic carbocycles. The van der Waals surface area contributed by atoms with Crippen molar-refractivity contribution < 1.29 is 1.37 Å². The van der Waals surface area contributed by atoms with E-state index in [4.69, 9.17) is 1.37 Å². The van der Waals surface area contributed by atoms with E-state index < -0.39 is 0 Å². The van der Waals surface area contributed by atoms with Crippen molar-refractivity contribution in [3.63, 3.8) is 0 Å². The lowest BCUT2D eigenvalue weighted by Gasteiger charge is -2.11. The SMILES string of the molecule is [2H]c1c2ccccc2c(Br)c2c(-c3ccccc3)cccc12. The molecule has 0 amide bonds. The normalized spacial score (nSPS) is 11.8. The highest BCUT2D eigenvalue weighted by atomic mass is 79.9. The van der Waals surface area contributed by atoms with Gasteiger partial charge in [-0.25, -0.2) is 0 Å². The summed E-state index contributed by atoms with van der Waals surface area (Å²) in [5.74, 6) is 0. The molecule has 100 valence electrons. The van der Waals surface area contributed by atoms with Crippen LogP contribution in [0.3, 0.4) is 0 Å². The lowest BCUT2D eigenvalue weighted by molar-refractivity contribution is 1.65. The van der Waals surface area contributed by atoms with Gasteiger partial charge in [-0.05, 0) is 49.3 Å². The Kier molecular flexibility index (Phi) is 2.75. The summed E-state index contributed by atoms with van der Waals surface area (Å²) < 4.78 is 9.63. The van der Waals surface area contributed by atoms with Gasteiger partial charge < -0.3 is 0 Å². The van der Waals surface area contributed by atoms with Crippen LogP contribution in [-0.2, 0) is 0 Å². The third-order valence-electron chi connectivity index (χ3n) is 3.80. The average molecular weight is 334 g/mol. The van der Waals surface area contributed by atoms with Gasteiger partial charge in [-0.1, -0.05) is 72.8 Å². The van der Waals surface area contributed by atoms with Gasteiger partial charge in [-0.3, -0.25) is 0 Å². The highest BCUT2D eigenvalue weighted by Gasteiger charge is 2.10. The van der Waals surface area contributed by atoms with E-state index in [2.05, 4.69) is 40.2 Å². The van der Waals surface area contributed by atoms with Crippen LogP contribution in [0.25, 0.3) is 32.7 Å². The van der Waals surface area contributed by atoms with Crippen molar-refractivity contribution in [2.75, 3.05) is 0 Å². The predicted molar refractivity (Wildman–Crippen MR) is 94.6 cm³/mol. The Bertz CT molecular complexity index is 991. The van der Waals surface area contributed by atoms with Crippen LogP contribution in [0.2, 0.25) is 0 Å². The van der Waals surface area contributed by atoms with E-state index in [1.165, 1.54) is 5.56 Å². The van der Waals surface area contributed by atoms with Crippen LogP contribution in [0.4, 0.5) is 0 Å². The van der Waals surface area contributed by atoms with Gasteiger partial charge in [-0.15, -0.1) is 0 Å². The summed E-state index contributed by atoms with van der Waals surface area (Å²) >= 11 is 3.78. The Balaban J connectivity index is 2.22. The van der Waals surface area contributed by atoms with E-state index in [0.29, 0.717) is 6.04 Å². The van der Waals surface area contributed by atoms with E-state index in [1.54, 1.807) is 0 Å². The van der Waals surface area contributed by atoms with Crippen molar-refractivity contribution in [3.8, 4) is 11.1 Å². The van der Waals surface area contributed by atoms with E-state index in [9.17, 15) is 0 Å². The number of halogens is 1. The van der Waals surface area contributed by atoms with Crippen LogP contribution in [0.1, 0.15) is 1.37 Å². The molecular weight excluding hydrogens is 320 g/mol. The summed E-state index contributed by atoms with van der Waals surface area (Å²) in [4.78, 5) is 0. The van der Waals surface area contributed by atoms with Gasteiger partial charge in [-0.2, -0.15) is 0 Å². The molecule has 0 aliphatic heterocycles. The van der Waals surface area contributed by atoms with E-state index in [0.717, 1.165) is 31.6 Å². The fourth-order valence-electron chi connectivity index (χ4n) is 2.81. The fraction of sp³-hybridized carbons (Fsp3) is 0. The molecule has 0 fully saturated rings. The molecule has 0 bridgehead atoms. The number of hydrogen-bond donors (Lipinski definition) is 0. The predicted octanol–water partition coefficient (Wildman–Crippen LogP) is 6.42. The first-order valence-electron chi connectivity index (χ1n) is 7.42. The number of fused-ring (bicyclic) bond motifs is 2. The minimum atomic E-state index is 0.589. The number of hydrogen-bond acceptors (Lipinski definition) is 0. The third kappa shape index (κ3) is 2.05. The second kappa shape index (κ2) is 5.01. The third-order valence-corrected chi connectivity index (χ3v) is 4.63. The summed E-state index contributed by atoms with van der Waals surface area (Å²) in [6.07, 6.45) is 0. The fourth-order valence-corrected chi connectivity index (χ4v) is 3.59. The van der Waals surface area contributed by atoms with Crippen LogP contribution >= 0.6 is 15.9 Å². The lowest BCUT2D eigenvalue weighted by Crippen LogP contribution is -1.84. The molecule has 0 heterocycles. The zero-order chi connectivity index (χ0) is 15.1. The van der Waals surface area contributed by atoms with Crippen molar-refractivity contribution in [3.05, 3.63) is 83.3 Å². The smallest absolute Gasteiger partial charge is 0.0622 e. The minimum Gasteiger partial charge on any atom is -0.0622 e. The van der Waals surface area contributed by atoms with Crippen LogP contribution in [-0.4, -0.2) is 0 Å². The molecule has 4 rings (SSSR count). The Hall–Kier alpha value is -2.12. The van der Waals surface area contributed by atoms with E-state index >= 15 is 0 Å². The van der Waals surface area contributed by atoms with Gasteiger partial charge in [0.2, 0.25) is 0 Å². The second-order valence-electron chi connectivity index (χ2n) is 5.08. The molecular formula is C20H13Br. The first kappa shape index (κ1) is 11.5. The van der Waals surface area contributed by atoms with Gasteiger partial charge in [0.05, 0.1) is 1.37 Å². The lowest BCUT2D eigenvalue weighted by atomic mass is 9.96. The van der Waals surface area contributed by atoms with Crippen molar-refractivity contribution in [2.24, 2.45) is 0 Å². The first-order chi connectivity index (χ1) is 10.8. The zero-order valence-corrected chi connectivity index (χ0v) is 12.9. The van der Waals surface area contributed by atoms with E-state index in [1.807, 2.05) is 48.5 Å². The molecule has 0 saturated carbocycles. The number of benzene rings is 4. The molecule has 1 heteroatoms. The maximum absolute atomic E-state index is 8.57. The molecule has 0 unspecified atom stereocenters. The molecule has 0 N–H and O–H groups in total. The average Bonchev–Trinajstić information content (AvgIpc) is 2.60. The summed E-state index contributed by atoms with van der Waals surface area (Å²) in [5, 5.41) is 4.15. The van der Waals surface area contributed by atoms with Crippen LogP contribution in [0, 0.1) is 0 Å². The Morgan fingerprint density at radius 3 is 2.29 bits per heavy atom. The van der Waals surface area contributed by atoms with Gasteiger partial charge in [0, 0.05) is 9.86 Å². The summed E-state index contributed by atoms with van der Waals surface area (Å²) in [5.41, 5.74) is 2.33. The summed E-state index contributed by atoms with van der Waals surface area (Å²) in [7, 11) is 0. The van der Waals surface area contributed by atoms with E-state index in [-0.39, 0.29) is 0 Å². The van der Waals surface area contributed by atoms with Gasteiger partial charge >= 0.3 is 0 Å². The van der Waals surface area contributed by atoms with Crippen LogP contribution < -0.4 is 0 Å². The molecule has 4 aromatic carbocycles. The highest BCUT2D eigenvalue weighted by Crippen LogP contribution is 2.38. The largest absolute Gasteiger partial charge is 0.0636 e. The van der Waals surface area contributed by atoms with Crippen molar-refractivity contribution >= 4 is 37.5 Å². The summed E-state index contributed by atoms with van der Waals surface area (Å²) in [6.45, 7) is 0. The molecule has 21 heavy (non-hydrogen) atoms. The molecule has 0 nitrogen and oxygen atoms in total. The first-order valence-corrected chi connectivity index (χ1v) is 7.71. The molecule has 4 aromatic rings. The molecule has 0 spiro atoms. The van der Waals surface area contributed by atoms with Crippen LogP contribution in [0.15, 0.2) is 83.3 Å². The van der Waals surface area contributed by atoms with Crippen molar-refractivity contribution in [1.29, 1.82) is 0 Å². The van der Waals surface area contributed by atoms with Gasteiger partial charge in [0.15, 0.2) is 0 Å². The van der Waals surface area contributed by atoms with Crippen molar-refractivity contribution in [1.82, 2.24) is 0 Å². The van der Waals surface area contributed by atoms with Gasteiger partial charge in [0.25, 0.3) is 0 Å². The maximum atomic E-state index is 8.57. The molecule has 0 saturated heterocycles. The molecule has 0 radical (unpaired) electrons. The van der Waals surface area contributed by atoms with Crippen molar-refractivity contribution in [2.45, 2.75) is 0 Å². The summed E-state index contributed by atoms with van der Waals surface area (Å²) in [6, 6.07) is 25.2. The van der Waals surface area contributed by atoms with Gasteiger partial charge in [0.1, 0.15) is 0 Å². The Morgan fingerprint density at radius 2 is 1.43 bits per heavy atom. The maximum Gasteiger partial charge on any atom is 0.0636 e. The molecule has 0 aliphatic rings. The Labute approximate surface area is 133 Å². The zero-order valence-electron chi connectivity index (χ0n) is 12.3. The monoisotopic (exact) mass is 333 g/mol. The minimum absolute atomic E-state index is 0.589. The highest BCUT2D eigenvalue weighted by molar-refractivity contribution is 9.10. The van der Waals surface area contributed by atoms with Crippen LogP contribution in [0.5, 0.6) is 0 Å². The standard InChI is InChI=1S/C20H13Br/c21-20-18-11-5-4-9-15(18)13-16-10-6-12-17(19(16)20)14-7-2-1-3-8-14/h1-13H/i13D. The topological polar surface area (TPSA) is 0 Å². The Morgan fingerprint density at radius 1 is 0.714 bits per heavy atom. The molecule has 0 atom stereocenters. The quantitative estimate of drug-likeness (QED) is 0.352. The molecule has 0 aromatic heterocycles. The second-order valence-corrected chi connectivity index (χ2v) is 5.87.